The molecule has 70 valence electrons. The molecule has 0 aromatic heterocycles. The summed E-state index contributed by atoms with van der Waals surface area (Å²) in [6.07, 6.45) is 1.44. The predicted molar refractivity (Wildman–Crippen MR) is 57.9 cm³/mol. The van der Waals surface area contributed by atoms with Crippen molar-refractivity contribution in [2.24, 2.45) is 0 Å². The van der Waals surface area contributed by atoms with Crippen LogP contribution in [0.25, 0.3) is 6.08 Å². The Labute approximate surface area is 89.8 Å². The Kier molecular flexibility index (Phi) is 3.53. The lowest BCUT2D eigenvalue weighted by atomic mass is 10.2. The largest absolute Gasteiger partial charge is 0.254 e. The fourth-order valence-electron chi connectivity index (χ4n) is 0.765. The summed E-state index contributed by atoms with van der Waals surface area (Å²) in [5.41, 5.74) is 0.770. The average molecular weight is 282 g/mol. The van der Waals surface area contributed by atoms with Gasteiger partial charge in [0.15, 0.2) is 0 Å². The molecule has 1 rings (SSSR count). The molecule has 0 aliphatic rings. The Morgan fingerprint density at radius 3 is 2.46 bits per heavy atom. The van der Waals surface area contributed by atoms with Crippen molar-refractivity contribution in [3.8, 4) is 0 Å². The fraction of sp³-hybridized carbons (Fsp3) is 0. The van der Waals surface area contributed by atoms with E-state index in [-0.39, 0.29) is 0 Å². The minimum Gasteiger partial charge on any atom is -0.208 e. The van der Waals surface area contributed by atoms with E-state index in [0.717, 1.165) is 15.4 Å². The molecular formula is C8H6BrClO2S. The molecule has 0 spiro atoms. The molecule has 13 heavy (non-hydrogen) atoms. The second-order valence-electron chi connectivity index (χ2n) is 2.30. The summed E-state index contributed by atoms with van der Waals surface area (Å²) in [6.45, 7) is 0. The molecule has 0 aliphatic heterocycles. The van der Waals surface area contributed by atoms with Crippen molar-refractivity contribution in [2.45, 2.75) is 0 Å². The molecule has 0 radical (unpaired) electrons. The summed E-state index contributed by atoms with van der Waals surface area (Å²) in [5.74, 6) is 0. The van der Waals surface area contributed by atoms with Crippen LogP contribution in [0.15, 0.2) is 34.1 Å². The smallest absolute Gasteiger partial charge is 0.208 e. The van der Waals surface area contributed by atoms with Gasteiger partial charge in [-0.2, -0.15) is 0 Å². The van der Waals surface area contributed by atoms with Gasteiger partial charge in [-0.05, 0) is 17.7 Å². The van der Waals surface area contributed by atoms with Gasteiger partial charge in [-0.25, -0.2) is 8.42 Å². The van der Waals surface area contributed by atoms with Crippen molar-refractivity contribution in [2.75, 3.05) is 0 Å². The third kappa shape index (κ3) is 3.93. The van der Waals surface area contributed by atoms with Crippen LogP contribution in [-0.2, 0) is 9.05 Å². The zero-order valence-electron chi connectivity index (χ0n) is 6.44. The molecule has 0 bridgehead atoms. The summed E-state index contributed by atoms with van der Waals surface area (Å²) in [7, 11) is 1.44. The highest BCUT2D eigenvalue weighted by Crippen LogP contribution is 2.18. The molecule has 0 N–H and O–H groups in total. The molecule has 0 atom stereocenters. The molecule has 2 nitrogen and oxygen atoms in total. The summed E-state index contributed by atoms with van der Waals surface area (Å²) in [6, 6.07) is 7.26. The highest BCUT2D eigenvalue weighted by atomic mass is 79.9. The first-order valence-corrected chi connectivity index (χ1v) is 6.53. The van der Waals surface area contributed by atoms with Gasteiger partial charge in [0.25, 0.3) is 9.05 Å². The van der Waals surface area contributed by atoms with Crippen LogP contribution in [0.2, 0.25) is 0 Å². The summed E-state index contributed by atoms with van der Waals surface area (Å²) in [5, 5.41) is 0.953. The van der Waals surface area contributed by atoms with Crippen molar-refractivity contribution in [1.82, 2.24) is 0 Å². The van der Waals surface area contributed by atoms with E-state index < -0.39 is 9.05 Å². The normalized spacial score (nSPS) is 12.2. The van der Waals surface area contributed by atoms with Gasteiger partial charge >= 0.3 is 0 Å². The van der Waals surface area contributed by atoms with E-state index in [2.05, 4.69) is 15.9 Å². The number of hydrogen-bond donors (Lipinski definition) is 0. The van der Waals surface area contributed by atoms with Gasteiger partial charge < -0.3 is 0 Å². The third-order valence-electron chi connectivity index (χ3n) is 1.32. The molecule has 0 saturated carbocycles. The first-order chi connectivity index (χ1) is 5.99. The summed E-state index contributed by atoms with van der Waals surface area (Å²) < 4.78 is 22.0. The molecule has 0 heterocycles. The summed E-state index contributed by atoms with van der Waals surface area (Å²) >= 11 is 3.27. The highest BCUT2D eigenvalue weighted by molar-refractivity contribution is 9.10. The van der Waals surface area contributed by atoms with E-state index >= 15 is 0 Å². The lowest BCUT2D eigenvalue weighted by Crippen LogP contribution is -1.80. The van der Waals surface area contributed by atoms with Gasteiger partial charge in [-0.1, -0.05) is 34.1 Å². The zero-order valence-corrected chi connectivity index (χ0v) is 9.60. The predicted octanol–water partition coefficient (Wildman–Crippen LogP) is 2.99. The topological polar surface area (TPSA) is 34.1 Å². The second kappa shape index (κ2) is 4.26. The number of rotatable bonds is 2. The Balaban J connectivity index is 3.00. The molecule has 0 amide bonds. The Bertz CT molecular complexity index is 426. The average Bonchev–Trinajstić information content (AvgIpc) is 2.01. The van der Waals surface area contributed by atoms with Crippen LogP contribution in [0.3, 0.4) is 0 Å². The molecule has 5 heteroatoms. The molecule has 0 unspecified atom stereocenters. The number of halogens is 2. The Morgan fingerprint density at radius 1 is 1.31 bits per heavy atom. The highest BCUT2D eigenvalue weighted by Gasteiger charge is 1.98. The van der Waals surface area contributed by atoms with Crippen molar-refractivity contribution in [3.63, 3.8) is 0 Å². The number of hydrogen-bond acceptors (Lipinski definition) is 2. The molecule has 0 fully saturated rings. The third-order valence-corrected chi connectivity index (χ3v) is 2.81. The van der Waals surface area contributed by atoms with Crippen LogP contribution >= 0.6 is 26.6 Å². The van der Waals surface area contributed by atoms with Gasteiger partial charge in [0, 0.05) is 20.6 Å². The maximum absolute atomic E-state index is 10.6. The molecule has 0 aliphatic carbocycles. The molecule has 1 aromatic carbocycles. The maximum atomic E-state index is 10.6. The van der Waals surface area contributed by atoms with Crippen LogP contribution in [-0.4, -0.2) is 8.42 Å². The van der Waals surface area contributed by atoms with E-state index in [1.54, 1.807) is 6.07 Å². The first kappa shape index (κ1) is 10.8. The minimum atomic E-state index is -3.57. The minimum absolute atomic E-state index is 0.770. The molecular weight excluding hydrogens is 276 g/mol. The van der Waals surface area contributed by atoms with Gasteiger partial charge in [-0.15, -0.1) is 0 Å². The van der Waals surface area contributed by atoms with Crippen LogP contribution in [0.5, 0.6) is 0 Å². The van der Waals surface area contributed by atoms with E-state index in [9.17, 15) is 8.42 Å². The van der Waals surface area contributed by atoms with Crippen LogP contribution < -0.4 is 0 Å². The summed E-state index contributed by atoms with van der Waals surface area (Å²) in [4.78, 5) is 0. The standard InChI is InChI=1S/C8H6BrClO2S/c9-8-4-2-1-3-7(8)5-6-13(10,11)12/h1-6H/b6-5+. The quantitative estimate of drug-likeness (QED) is 0.781. The second-order valence-corrected chi connectivity index (χ2v) is 5.67. The van der Waals surface area contributed by atoms with Crippen LogP contribution in [0, 0.1) is 0 Å². The monoisotopic (exact) mass is 280 g/mol. The van der Waals surface area contributed by atoms with E-state index in [0.29, 0.717) is 0 Å². The Morgan fingerprint density at radius 2 is 1.92 bits per heavy atom. The van der Waals surface area contributed by atoms with Crippen LogP contribution in [0.1, 0.15) is 5.56 Å². The van der Waals surface area contributed by atoms with Crippen molar-refractivity contribution in [1.29, 1.82) is 0 Å². The number of benzene rings is 1. The van der Waals surface area contributed by atoms with Crippen molar-refractivity contribution < 1.29 is 8.42 Å². The van der Waals surface area contributed by atoms with Gasteiger partial charge in [-0.3, -0.25) is 0 Å². The molecule has 1 aromatic rings. The van der Waals surface area contributed by atoms with E-state index in [4.69, 9.17) is 10.7 Å². The lowest BCUT2D eigenvalue weighted by Gasteiger charge is -1.95. The fourth-order valence-corrected chi connectivity index (χ4v) is 1.65. The lowest BCUT2D eigenvalue weighted by molar-refractivity contribution is 0.617. The van der Waals surface area contributed by atoms with Gasteiger partial charge in [0.05, 0.1) is 0 Å². The maximum Gasteiger partial charge on any atom is 0.254 e. The van der Waals surface area contributed by atoms with Gasteiger partial charge in [0.1, 0.15) is 0 Å². The first-order valence-electron chi connectivity index (χ1n) is 3.36. The van der Waals surface area contributed by atoms with Crippen LogP contribution in [0.4, 0.5) is 0 Å². The SMILES string of the molecule is O=S(=O)(Cl)/C=C/c1ccccc1Br. The van der Waals surface area contributed by atoms with E-state index in [1.807, 2.05) is 18.2 Å². The van der Waals surface area contributed by atoms with Crippen molar-refractivity contribution >= 4 is 41.7 Å². The van der Waals surface area contributed by atoms with E-state index in [1.165, 1.54) is 6.08 Å². The Hall–Kier alpha value is -0.320. The molecule has 0 saturated heterocycles. The zero-order chi connectivity index (χ0) is 9.90. The van der Waals surface area contributed by atoms with Gasteiger partial charge in [0.2, 0.25) is 0 Å². The van der Waals surface area contributed by atoms with Crippen molar-refractivity contribution in [3.05, 3.63) is 39.7 Å².